The molecule has 0 saturated heterocycles. The first-order chi connectivity index (χ1) is 12.3. The van der Waals surface area contributed by atoms with E-state index < -0.39 is 0 Å². The van der Waals surface area contributed by atoms with Crippen LogP contribution in [0.15, 0.2) is 30.3 Å². The Kier molecular flexibility index (Phi) is 8.35. The fourth-order valence-corrected chi connectivity index (χ4v) is 2.79. The number of carbonyl (C=O) groups is 1. The summed E-state index contributed by atoms with van der Waals surface area (Å²) >= 11 is 0. The Hall–Kier alpha value is -2.22. The third-order valence-corrected chi connectivity index (χ3v) is 4.34. The minimum atomic E-state index is -0.359. The van der Waals surface area contributed by atoms with Crippen LogP contribution in [0.4, 0.5) is 0 Å². The number of halogens is 2. The number of carbonyl (C=O) groups excluding carboxylic acids is 1. The van der Waals surface area contributed by atoms with Gasteiger partial charge in [-0.2, -0.15) is 4.98 Å². The molecule has 3 rings (SSSR count). The van der Waals surface area contributed by atoms with Crippen LogP contribution in [-0.2, 0) is 0 Å². The molecule has 0 bridgehead atoms. The number of hydrogen-bond acceptors (Lipinski definition) is 5. The van der Waals surface area contributed by atoms with E-state index >= 15 is 0 Å². The molecule has 28 heavy (non-hydrogen) atoms. The van der Waals surface area contributed by atoms with Crippen molar-refractivity contribution in [3.8, 4) is 0 Å². The fraction of sp³-hybridized carbons (Fsp3) is 0.368. The molecule has 2 heterocycles. The molecule has 7 nitrogen and oxygen atoms in total. The maximum atomic E-state index is 12.4. The third-order valence-electron chi connectivity index (χ3n) is 4.34. The van der Waals surface area contributed by atoms with Crippen LogP contribution in [-0.4, -0.2) is 32.0 Å². The number of aromatic nitrogens is 4. The van der Waals surface area contributed by atoms with E-state index in [0.29, 0.717) is 18.2 Å². The predicted molar refractivity (Wildman–Crippen MR) is 115 cm³/mol. The molecule has 1 atom stereocenters. The summed E-state index contributed by atoms with van der Waals surface area (Å²) in [5, 5.41) is 7.02. The van der Waals surface area contributed by atoms with Gasteiger partial charge in [0.15, 0.2) is 0 Å². The second kappa shape index (κ2) is 9.82. The molecule has 0 aliphatic heterocycles. The van der Waals surface area contributed by atoms with Crippen LogP contribution >= 0.6 is 24.8 Å². The van der Waals surface area contributed by atoms with Crippen LogP contribution < -0.4 is 11.1 Å². The molecule has 2 aromatic heterocycles. The van der Waals surface area contributed by atoms with E-state index in [1.807, 2.05) is 32.0 Å². The molecule has 3 aromatic rings. The highest BCUT2D eigenvalue weighted by atomic mass is 35.5. The second-order valence-corrected chi connectivity index (χ2v) is 6.82. The molecule has 1 unspecified atom stereocenters. The lowest BCUT2D eigenvalue weighted by atomic mass is 9.99. The van der Waals surface area contributed by atoms with Gasteiger partial charge in [-0.25, -0.2) is 9.50 Å². The standard InChI is InChI=1S/C19H24N6O.2ClH/c1-11(2)14-5-7-15(8-6-14)16(20)10-21-18(26)17-23-19-22-12(3)9-13(4)25(19)24-17;;/h5-9,11,16H,10,20H2,1-4H3,(H,21,26);2*1H. The Morgan fingerprint density at radius 2 is 1.71 bits per heavy atom. The quantitative estimate of drug-likeness (QED) is 0.655. The highest BCUT2D eigenvalue weighted by Crippen LogP contribution is 2.17. The van der Waals surface area contributed by atoms with Crippen molar-refractivity contribution in [1.82, 2.24) is 24.9 Å². The molecular formula is C19H26Cl2N6O. The van der Waals surface area contributed by atoms with Crippen LogP contribution in [0.3, 0.4) is 0 Å². The molecule has 0 spiro atoms. The first-order valence-electron chi connectivity index (χ1n) is 8.70. The Morgan fingerprint density at radius 3 is 2.32 bits per heavy atom. The van der Waals surface area contributed by atoms with Crippen LogP contribution in [0, 0.1) is 13.8 Å². The zero-order chi connectivity index (χ0) is 18.8. The van der Waals surface area contributed by atoms with Crippen LogP contribution in [0.1, 0.15) is 58.9 Å². The van der Waals surface area contributed by atoms with E-state index in [1.54, 1.807) is 4.52 Å². The highest BCUT2D eigenvalue weighted by Gasteiger charge is 2.16. The van der Waals surface area contributed by atoms with Gasteiger partial charge in [-0.1, -0.05) is 38.1 Å². The molecule has 0 fully saturated rings. The van der Waals surface area contributed by atoms with Crippen molar-refractivity contribution in [2.24, 2.45) is 5.73 Å². The van der Waals surface area contributed by atoms with Gasteiger partial charge >= 0.3 is 0 Å². The van der Waals surface area contributed by atoms with Gasteiger partial charge in [-0.15, -0.1) is 29.9 Å². The molecule has 1 amide bonds. The average molecular weight is 425 g/mol. The largest absolute Gasteiger partial charge is 0.347 e. The van der Waals surface area contributed by atoms with Gasteiger partial charge in [0, 0.05) is 24.0 Å². The number of hydrogen-bond donors (Lipinski definition) is 2. The van der Waals surface area contributed by atoms with Crippen molar-refractivity contribution in [3.05, 3.63) is 58.7 Å². The number of aryl methyl sites for hydroxylation is 2. The van der Waals surface area contributed by atoms with E-state index in [1.165, 1.54) is 5.56 Å². The van der Waals surface area contributed by atoms with Crippen molar-refractivity contribution in [1.29, 1.82) is 0 Å². The Bertz CT molecular complexity index is 939. The Labute approximate surface area is 177 Å². The van der Waals surface area contributed by atoms with E-state index in [-0.39, 0.29) is 42.6 Å². The monoisotopic (exact) mass is 424 g/mol. The summed E-state index contributed by atoms with van der Waals surface area (Å²) in [5.74, 6) is 0.624. The number of nitrogens with two attached hydrogens (primary N) is 1. The summed E-state index contributed by atoms with van der Waals surface area (Å²) < 4.78 is 1.56. The molecule has 0 aliphatic carbocycles. The molecule has 0 radical (unpaired) electrons. The van der Waals surface area contributed by atoms with Crippen molar-refractivity contribution in [2.45, 2.75) is 39.7 Å². The Balaban J connectivity index is 0.00000196. The van der Waals surface area contributed by atoms with Crippen LogP contribution in [0.2, 0.25) is 0 Å². The maximum absolute atomic E-state index is 12.4. The molecule has 3 N–H and O–H groups in total. The molecule has 0 aliphatic rings. The van der Waals surface area contributed by atoms with E-state index in [9.17, 15) is 4.79 Å². The zero-order valence-corrected chi connectivity index (χ0v) is 18.0. The number of fused-ring (bicyclic) bond motifs is 1. The topological polar surface area (TPSA) is 98.2 Å². The Morgan fingerprint density at radius 1 is 1.11 bits per heavy atom. The molecule has 0 saturated carbocycles. The first-order valence-corrected chi connectivity index (χ1v) is 8.70. The van der Waals surface area contributed by atoms with Crippen molar-refractivity contribution in [2.75, 3.05) is 6.54 Å². The lowest BCUT2D eigenvalue weighted by molar-refractivity contribution is 0.0941. The number of benzene rings is 1. The summed E-state index contributed by atoms with van der Waals surface area (Å²) in [6.45, 7) is 8.38. The molecule has 1 aromatic carbocycles. The number of nitrogens with one attached hydrogen (secondary N) is 1. The van der Waals surface area contributed by atoms with Crippen molar-refractivity contribution in [3.63, 3.8) is 0 Å². The summed E-state index contributed by atoms with van der Waals surface area (Å²) in [6.07, 6.45) is 0. The van der Waals surface area contributed by atoms with Crippen LogP contribution in [0.5, 0.6) is 0 Å². The van der Waals surface area contributed by atoms with Gasteiger partial charge in [0.25, 0.3) is 11.7 Å². The van der Waals surface area contributed by atoms with Gasteiger partial charge in [0.2, 0.25) is 5.82 Å². The van der Waals surface area contributed by atoms with Gasteiger partial charge in [0.1, 0.15) is 0 Å². The fourth-order valence-electron chi connectivity index (χ4n) is 2.79. The van der Waals surface area contributed by atoms with E-state index in [4.69, 9.17) is 5.73 Å². The molecule has 152 valence electrons. The second-order valence-electron chi connectivity index (χ2n) is 6.82. The predicted octanol–water partition coefficient (Wildman–Crippen LogP) is 3.14. The summed E-state index contributed by atoms with van der Waals surface area (Å²) in [5.41, 5.74) is 10.1. The van der Waals surface area contributed by atoms with E-state index in [2.05, 4.69) is 46.4 Å². The minimum absolute atomic E-state index is 0. The van der Waals surface area contributed by atoms with Gasteiger partial charge in [0.05, 0.1) is 0 Å². The minimum Gasteiger partial charge on any atom is -0.347 e. The number of amides is 1. The van der Waals surface area contributed by atoms with Crippen molar-refractivity contribution < 1.29 is 4.79 Å². The maximum Gasteiger partial charge on any atom is 0.291 e. The lowest BCUT2D eigenvalue weighted by Crippen LogP contribution is -2.32. The molecular weight excluding hydrogens is 399 g/mol. The summed E-state index contributed by atoms with van der Waals surface area (Å²) in [6, 6.07) is 9.75. The van der Waals surface area contributed by atoms with Crippen molar-refractivity contribution >= 4 is 36.5 Å². The summed E-state index contributed by atoms with van der Waals surface area (Å²) in [4.78, 5) is 20.9. The summed E-state index contributed by atoms with van der Waals surface area (Å²) in [7, 11) is 0. The van der Waals surface area contributed by atoms with Gasteiger partial charge in [-0.3, -0.25) is 4.79 Å². The smallest absolute Gasteiger partial charge is 0.291 e. The lowest BCUT2D eigenvalue weighted by Gasteiger charge is -2.14. The van der Waals surface area contributed by atoms with Gasteiger partial charge in [-0.05, 0) is 37.0 Å². The average Bonchev–Trinajstić information content (AvgIpc) is 3.04. The van der Waals surface area contributed by atoms with E-state index in [0.717, 1.165) is 17.0 Å². The SMILES string of the molecule is Cc1cc(C)n2nc(C(=O)NCC(N)c3ccc(C(C)C)cc3)nc2n1.Cl.Cl. The first kappa shape index (κ1) is 23.8. The highest BCUT2D eigenvalue weighted by molar-refractivity contribution is 5.90. The zero-order valence-electron chi connectivity index (χ0n) is 16.3. The van der Waals surface area contributed by atoms with Crippen LogP contribution in [0.25, 0.3) is 5.78 Å². The normalized spacial score (nSPS) is 11.6. The van der Waals surface area contributed by atoms with Gasteiger partial charge < -0.3 is 11.1 Å². The third kappa shape index (κ3) is 5.19. The number of nitrogens with zero attached hydrogens (tertiary/aromatic N) is 4. The number of rotatable bonds is 5. The molecule has 9 heteroatoms.